The van der Waals surface area contributed by atoms with Crippen molar-refractivity contribution in [3.8, 4) is 0 Å². The molecule has 0 saturated carbocycles. The van der Waals surface area contributed by atoms with E-state index < -0.39 is 23.6 Å². The summed E-state index contributed by atoms with van der Waals surface area (Å²) in [5.41, 5.74) is -2.03. The van der Waals surface area contributed by atoms with Gasteiger partial charge in [0.25, 0.3) is 0 Å². The van der Waals surface area contributed by atoms with Crippen LogP contribution in [0.5, 0.6) is 0 Å². The predicted octanol–water partition coefficient (Wildman–Crippen LogP) is 2.89. The fourth-order valence-electron chi connectivity index (χ4n) is 3.01. The lowest BCUT2D eigenvalue weighted by Crippen LogP contribution is -2.54. The molecule has 0 bridgehead atoms. The number of rotatable bonds is 12. The lowest BCUT2D eigenvalue weighted by Gasteiger charge is -2.30. The average Bonchev–Trinajstić information content (AvgIpc) is 2.77. The lowest BCUT2D eigenvalue weighted by atomic mass is 9.87. The van der Waals surface area contributed by atoms with Crippen LogP contribution < -0.4 is 0 Å². The number of hydrogen-bond donors (Lipinski definition) is 3. The molecule has 1 aliphatic rings. The van der Waals surface area contributed by atoms with Gasteiger partial charge in [-0.2, -0.15) is 0 Å². The molecule has 0 aliphatic heterocycles. The number of unbranched alkanes of at least 4 members (excludes halogenated alkanes) is 9. The van der Waals surface area contributed by atoms with E-state index in [2.05, 4.69) is 6.92 Å². The Morgan fingerprint density at radius 2 is 1.55 bits per heavy atom. The van der Waals surface area contributed by atoms with Crippen LogP contribution in [0.3, 0.4) is 0 Å². The first-order valence-corrected chi connectivity index (χ1v) is 8.84. The standard InChI is InChI=1S/C18H32O4/c1-2-3-4-5-6-7-8-9-10-11-12-15(19)18(22)16(20)13-14-17(18)21/h13-16,19-20,22H,2-12H2,1H3/t15?,16-,18-/m0/s1. The van der Waals surface area contributed by atoms with Crippen LogP contribution in [0.4, 0.5) is 0 Å². The molecule has 1 unspecified atom stereocenters. The molecule has 0 radical (unpaired) electrons. The summed E-state index contributed by atoms with van der Waals surface area (Å²) in [4.78, 5) is 11.6. The molecule has 0 spiro atoms. The minimum atomic E-state index is -2.03. The van der Waals surface area contributed by atoms with Crippen LogP contribution in [0.25, 0.3) is 0 Å². The van der Waals surface area contributed by atoms with E-state index in [4.69, 9.17) is 0 Å². The smallest absolute Gasteiger partial charge is 0.192 e. The molecule has 1 aliphatic carbocycles. The summed E-state index contributed by atoms with van der Waals surface area (Å²) in [5, 5.41) is 29.8. The van der Waals surface area contributed by atoms with Gasteiger partial charge in [0.2, 0.25) is 0 Å². The van der Waals surface area contributed by atoms with Gasteiger partial charge >= 0.3 is 0 Å². The van der Waals surface area contributed by atoms with Crippen molar-refractivity contribution in [2.75, 3.05) is 0 Å². The molecule has 22 heavy (non-hydrogen) atoms. The highest BCUT2D eigenvalue weighted by atomic mass is 16.4. The second-order valence-electron chi connectivity index (χ2n) is 6.48. The molecule has 0 aromatic heterocycles. The highest BCUT2D eigenvalue weighted by Gasteiger charge is 2.50. The number of carbonyl (C=O) groups is 1. The van der Waals surface area contributed by atoms with Gasteiger partial charge in [-0.15, -0.1) is 0 Å². The Morgan fingerprint density at radius 3 is 2.00 bits per heavy atom. The minimum absolute atomic E-state index is 0.345. The van der Waals surface area contributed by atoms with Gasteiger partial charge in [-0.05, 0) is 18.6 Å². The molecule has 1 rings (SSSR count). The van der Waals surface area contributed by atoms with E-state index in [9.17, 15) is 20.1 Å². The molecule has 0 saturated heterocycles. The van der Waals surface area contributed by atoms with Crippen molar-refractivity contribution in [3.05, 3.63) is 12.2 Å². The average molecular weight is 312 g/mol. The summed E-state index contributed by atoms with van der Waals surface area (Å²) in [6.45, 7) is 2.22. The molecule has 0 heterocycles. The Labute approximate surface area is 134 Å². The number of hydrogen-bond acceptors (Lipinski definition) is 4. The van der Waals surface area contributed by atoms with E-state index in [-0.39, 0.29) is 0 Å². The third kappa shape index (κ3) is 5.49. The first kappa shape index (κ1) is 19.3. The van der Waals surface area contributed by atoms with E-state index in [1.54, 1.807) is 0 Å². The molecule has 0 fully saturated rings. The number of aliphatic hydroxyl groups excluding tert-OH is 2. The summed E-state index contributed by atoms with van der Waals surface area (Å²) < 4.78 is 0. The zero-order valence-electron chi connectivity index (χ0n) is 13.8. The first-order chi connectivity index (χ1) is 10.5. The Kier molecular flexibility index (Phi) is 8.91. The van der Waals surface area contributed by atoms with E-state index in [1.807, 2.05) is 0 Å². The van der Waals surface area contributed by atoms with Crippen molar-refractivity contribution < 1.29 is 20.1 Å². The van der Waals surface area contributed by atoms with Crippen LogP contribution in [0.1, 0.15) is 77.6 Å². The quantitative estimate of drug-likeness (QED) is 0.484. The van der Waals surface area contributed by atoms with Crippen LogP contribution in [-0.4, -0.2) is 38.9 Å². The zero-order valence-corrected chi connectivity index (χ0v) is 13.8. The van der Waals surface area contributed by atoms with Gasteiger partial charge in [-0.3, -0.25) is 4.79 Å². The maximum absolute atomic E-state index is 11.6. The van der Waals surface area contributed by atoms with E-state index in [0.29, 0.717) is 6.42 Å². The predicted molar refractivity (Wildman–Crippen MR) is 87.6 cm³/mol. The maximum atomic E-state index is 11.6. The van der Waals surface area contributed by atoms with Gasteiger partial charge in [0.1, 0.15) is 6.10 Å². The Bertz CT molecular complexity index is 353. The SMILES string of the molecule is CCCCCCCCCCCCC(O)[C@@]1(O)C(=O)C=C[C@@H]1O. The van der Waals surface area contributed by atoms with Gasteiger partial charge < -0.3 is 15.3 Å². The maximum Gasteiger partial charge on any atom is 0.192 e. The minimum Gasteiger partial charge on any atom is -0.390 e. The highest BCUT2D eigenvalue weighted by molar-refractivity contribution is 6.00. The monoisotopic (exact) mass is 312 g/mol. The van der Waals surface area contributed by atoms with Gasteiger partial charge in [0.15, 0.2) is 11.4 Å². The van der Waals surface area contributed by atoms with Crippen molar-refractivity contribution in [1.29, 1.82) is 0 Å². The fourth-order valence-corrected chi connectivity index (χ4v) is 3.01. The van der Waals surface area contributed by atoms with Crippen LogP contribution in [0, 0.1) is 0 Å². The summed E-state index contributed by atoms with van der Waals surface area (Å²) in [6.07, 6.45) is 12.2. The lowest BCUT2D eigenvalue weighted by molar-refractivity contribution is -0.158. The van der Waals surface area contributed by atoms with E-state index in [1.165, 1.54) is 51.0 Å². The molecule has 3 atom stereocenters. The normalized spacial score (nSPS) is 25.8. The highest BCUT2D eigenvalue weighted by Crippen LogP contribution is 2.27. The second kappa shape index (κ2) is 10.1. The fraction of sp³-hybridized carbons (Fsp3) is 0.833. The summed E-state index contributed by atoms with van der Waals surface area (Å²) in [6, 6.07) is 0. The van der Waals surface area contributed by atoms with Crippen LogP contribution in [0.2, 0.25) is 0 Å². The van der Waals surface area contributed by atoms with Crippen molar-refractivity contribution in [2.24, 2.45) is 0 Å². The summed E-state index contributed by atoms with van der Waals surface area (Å²) in [5.74, 6) is -0.598. The number of carbonyl (C=O) groups excluding carboxylic acids is 1. The number of aliphatic hydroxyl groups is 3. The Morgan fingerprint density at radius 1 is 1.05 bits per heavy atom. The van der Waals surface area contributed by atoms with E-state index >= 15 is 0 Å². The van der Waals surface area contributed by atoms with Gasteiger partial charge in [0.05, 0.1) is 6.10 Å². The molecule has 128 valence electrons. The molecule has 0 amide bonds. The van der Waals surface area contributed by atoms with Crippen LogP contribution >= 0.6 is 0 Å². The molecular weight excluding hydrogens is 280 g/mol. The van der Waals surface area contributed by atoms with Crippen LogP contribution in [-0.2, 0) is 4.79 Å². The molecule has 4 heteroatoms. The first-order valence-electron chi connectivity index (χ1n) is 8.84. The molecular formula is C18H32O4. The number of ketones is 1. The second-order valence-corrected chi connectivity index (χ2v) is 6.48. The molecule has 3 N–H and O–H groups in total. The third-order valence-corrected chi connectivity index (χ3v) is 4.61. The zero-order chi connectivity index (χ0) is 16.4. The van der Waals surface area contributed by atoms with Crippen molar-refractivity contribution in [3.63, 3.8) is 0 Å². The van der Waals surface area contributed by atoms with Crippen molar-refractivity contribution in [2.45, 2.75) is 95.4 Å². The summed E-state index contributed by atoms with van der Waals surface area (Å²) in [7, 11) is 0. The molecule has 4 nitrogen and oxygen atoms in total. The Hall–Kier alpha value is -0.710. The molecule has 0 aromatic rings. The van der Waals surface area contributed by atoms with E-state index in [0.717, 1.165) is 25.3 Å². The van der Waals surface area contributed by atoms with Crippen LogP contribution in [0.15, 0.2) is 12.2 Å². The van der Waals surface area contributed by atoms with Crippen molar-refractivity contribution >= 4 is 5.78 Å². The topological polar surface area (TPSA) is 77.8 Å². The summed E-state index contributed by atoms with van der Waals surface area (Å²) >= 11 is 0. The van der Waals surface area contributed by atoms with Gasteiger partial charge in [-0.1, -0.05) is 71.1 Å². The van der Waals surface area contributed by atoms with Gasteiger partial charge in [0, 0.05) is 0 Å². The van der Waals surface area contributed by atoms with Crippen molar-refractivity contribution in [1.82, 2.24) is 0 Å². The van der Waals surface area contributed by atoms with Gasteiger partial charge in [-0.25, -0.2) is 0 Å². The third-order valence-electron chi connectivity index (χ3n) is 4.61. The largest absolute Gasteiger partial charge is 0.390 e. The Balaban J connectivity index is 2.04. The molecule has 0 aromatic carbocycles.